The molecule has 0 atom stereocenters. The lowest BCUT2D eigenvalue weighted by atomic mass is 10.1. The number of hydrogen-bond donors (Lipinski definition) is 2. The number of carbonyl (C=O) groups is 2. The van der Waals surface area contributed by atoms with E-state index < -0.39 is 0 Å². The fourth-order valence-corrected chi connectivity index (χ4v) is 3.34. The number of rotatable bonds is 7. The maximum absolute atomic E-state index is 12.6. The molecule has 0 fully saturated rings. The average molecular weight is 435 g/mol. The number of benzene rings is 1. The molecule has 0 saturated carbocycles. The molecule has 1 aromatic carbocycles. The van der Waals surface area contributed by atoms with Crippen molar-refractivity contribution < 1.29 is 9.59 Å². The van der Waals surface area contributed by atoms with Gasteiger partial charge in [0, 0.05) is 40.8 Å². The van der Waals surface area contributed by atoms with Crippen molar-refractivity contribution in [2.75, 3.05) is 5.32 Å². The molecule has 0 aliphatic rings. The maximum atomic E-state index is 12.6. The number of hydrogen-bond acceptors (Lipinski definition) is 5. The molecule has 0 bridgehead atoms. The van der Waals surface area contributed by atoms with E-state index in [2.05, 4.69) is 25.7 Å². The normalized spacial score (nSPS) is 11.0. The monoisotopic (exact) mass is 434 g/mol. The van der Waals surface area contributed by atoms with Crippen LogP contribution in [0.5, 0.6) is 0 Å². The lowest BCUT2D eigenvalue weighted by Gasteiger charge is -2.09. The quantitative estimate of drug-likeness (QED) is 0.594. The Labute approximate surface area is 188 Å². The SMILES string of the molecule is Cc1cc(C)nc(-n2nc(C)c(CC(=O)NCc3ccc(NC(=O)C(C)C)cc3)c2C)n1. The van der Waals surface area contributed by atoms with E-state index in [0.29, 0.717) is 12.5 Å². The van der Waals surface area contributed by atoms with Gasteiger partial charge in [0.2, 0.25) is 11.8 Å². The molecule has 0 aliphatic carbocycles. The second-order valence-corrected chi connectivity index (χ2v) is 8.31. The van der Waals surface area contributed by atoms with Crippen LogP contribution in [0, 0.1) is 33.6 Å². The van der Waals surface area contributed by atoms with Crippen LogP contribution in [-0.4, -0.2) is 31.6 Å². The molecule has 32 heavy (non-hydrogen) atoms. The van der Waals surface area contributed by atoms with Crippen LogP contribution in [0.25, 0.3) is 5.95 Å². The number of carbonyl (C=O) groups excluding carboxylic acids is 2. The van der Waals surface area contributed by atoms with Crippen LogP contribution in [0.3, 0.4) is 0 Å². The smallest absolute Gasteiger partial charge is 0.251 e. The molecule has 168 valence electrons. The van der Waals surface area contributed by atoms with Crippen LogP contribution in [0.15, 0.2) is 30.3 Å². The summed E-state index contributed by atoms with van der Waals surface area (Å²) in [6.07, 6.45) is 0.227. The second kappa shape index (κ2) is 9.72. The van der Waals surface area contributed by atoms with Gasteiger partial charge in [0.15, 0.2) is 0 Å². The van der Waals surface area contributed by atoms with Crippen LogP contribution in [-0.2, 0) is 22.6 Å². The van der Waals surface area contributed by atoms with E-state index in [1.54, 1.807) is 4.68 Å². The van der Waals surface area contributed by atoms with Gasteiger partial charge in [-0.15, -0.1) is 0 Å². The van der Waals surface area contributed by atoms with Gasteiger partial charge in [-0.05, 0) is 51.5 Å². The van der Waals surface area contributed by atoms with Crippen molar-refractivity contribution in [1.29, 1.82) is 0 Å². The first-order valence-corrected chi connectivity index (χ1v) is 10.7. The molecule has 0 unspecified atom stereocenters. The number of aryl methyl sites for hydroxylation is 3. The Morgan fingerprint density at radius 2 is 1.62 bits per heavy atom. The minimum Gasteiger partial charge on any atom is -0.352 e. The van der Waals surface area contributed by atoms with E-state index in [1.807, 2.05) is 71.9 Å². The zero-order valence-electron chi connectivity index (χ0n) is 19.5. The van der Waals surface area contributed by atoms with Crippen LogP contribution in [0.2, 0.25) is 0 Å². The molecule has 3 aromatic rings. The Morgan fingerprint density at radius 3 is 2.22 bits per heavy atom. The van der Waals surface area contributed by atoms with Crippen molar-refractivity contribution in [3.05, 3.63) is 64.2 Å². The van der Waals surface area contributed by atoms with Crippen molar-refractivity contribution >= 4 is 17.5 Å². The number of aromatic nitrogens is 4. The number of nitrogens with one attached hydrogen (secondary N) is 2. The predicted molar refractivity (Wildman–Crippen MR) is 124 cm³/mol. The molecule has 8 nitrogen and oxygen atoms in total. The zero-order valence-corrected chi connectivity index (χ0v) is 19.5. The van der Waals surface area contributed by atoms with Crippen LogP contribution < -0.4 is 10.6 Å². The molecule has 2 N–H and O–H groups in total. The zero-order chi connectivity index (χ0) is 23.4. The van der Waals surface area contributed by atoms with Gasteiger partial charge in [-0.2, -0.15) is 5.10 Å². The van der Waals surface area contributed by atoms with Crippen LogP contribution >= 0.6 is 0 Å². The first kappa shape index (κ1) is 23.1. The largest absolute Gasteiger partial charge is 0.352 e. The lowest BCUT2D eigenvalue weighted by Crippen LogP contribution is -2.25. The molecule has 2 amide bonds. The molecule has 0 radical (unpaired) electrons. The summed E-state index contributed by atoms with van der Waals surface area (Å²) < 4.78 is 1.70. The van der Waals surface area contributed by atoms with Gasteiger partial charge in [-0.3, -0.25) is 9.59 Å². The van der Waals surface area contributed by atoms with E-state index >= 15 is 0 Å². The molecule has 3 rings (SSSR count). The minimum absolute atomic E-state index is 0.0245. The summed E-state index contributed by atoms with van der Waals surface area (Å²) in [5, 5.41) is 10.4. The van der Waals surface area contributed by atoms with Gasteiger partial charge in [0.1, 0.15) is 0 Å². The Balaban J connectivity index is 1.63. The highest BCUT2D eigenvalue weighted by Crippen LogP contribution is 2.17. The van der Waals surface area contributed by atoms with Gasteiger partial charge in [0.25, 0.3) is 5.95 Å². The third kappa shape index (κ3) is 5.57. The molecule has 8 heteroatoms. The Bertz CT molecular complexity index is 1110. The summed E-state index contributed by atoms with van der Waals surface area (Å²) in [7, 11) is 0. The number of anilines is 1. The number of amides is 2. The topological polar surface area (TPSA) is 102 Å². The first-order chi connectivity index (χ1) is 15.1. The summed E-state index contributed by atoms with van der Waals surface area (Å²) in [4.78, 5) is 33.3. The summed E-state index contributed by atoms with van der Waals surface area (Å²) in [5.41, 5.74) is 5.94. The van der Waals surface area contributed by atoms with Crippen molar-refractivity contribution in [3.8, 4) is 5.95 Å². The van der Waals surface area contributed by atoms with Crippen LogP contribution in [0.1, 0.15) is 47.8 Å². The molecule has 0 saturated heterocycles. The Morgan fingerprint density at radius 1 is 1.00 bits per heavy atom. The maximum Gasteiger partial charge on any atom is 0.251 e. The van der Waals surface area contributed by atoms with Gasteiger partial charge >= 0.3 is 0 Å². The summed E-state index contributed by atoms with van der Waals surface area (Å²) in [6, 6.07) is 9.37. The Hall–Kier alpha value is -3.55. The molecular weight excluding hydrogens is 404 g/mol. The van der Waals surface area contributed by atoms with E-state index in [9.17, 15) is 9.59 Å². The van der Waals surface area contributed by atoms with Crippen molar-refractivity contribution in [2.24, 2.45) is 5.92 Å². The van der Waals surface area contributed by atoms with Gasteiger partial charge in [-0.1, -0.05) is 26.0 Å². The minimum atomic E-state index is -0.0886. The Kier molecular flexibility index (Phi) is 7.02. The first-order valence-electron chi connectivity index (χ1n) is 10.7. The van der Waals surface area contributed by atoms with E-state index in [-0.39, 0.29) is 24.2 Å². The van der Waals surface area contributed by atoms with E-state index in [1.165, 1.54) is 0 Å². The second-order valence-electron chi connectivity index (χ2n) is 8.31. The standard InChI is InChI=1S/C24H30N6O2/c1-14(2)23(32)28-20-9-7-19(8-10-20)13-25-22(31)12-21-17(5)29-30(18(21)6)24-26-15(3)11-16(4)27-24/h7-11,14H,12-13H2,1-6H3,(H,25,31)(H,28,32). The summed E-state index contributed by atoms with van der Waals surface area (Å²) in [5.74, 6) is 0.323. The fraction of sp³-hybridized carbons (Fsp3) is 0.375. The van der Waals surface area contributed by atoms with Crippen LogP contribution in [0.4, 0.5) is 5.69 Å². The molecule has 2 aromatic heterocycles. The molecule has 0 spiro atoms. The van der Waals surface area contributed by atoms with Gasteiger partial charge in [-0.25, -0.2) is 14.6 Å². The highest BCUT2D eigenvalue weighted by molar-refractivity contribution is 5.92. The summed E-state index contributed by atoms with van der Waals surface area (Å²) in [6.45, 7) is 11.8. The highest BCUT2D eigenvalue weighted by Gasteiger charge is 2.17. The average Bonchev–Trinajstić information content (AvgIpc) is 3.00. The van der Waals surface area contributed by atoms with E-state index in [4.69, 9.17) is 0 Å². The van der Waals surface area contributed by atoms with Crippen molar-refractivity contribution in [3.63, 3.8) is 0 Å². The predicted octanol–water partition coefficient (Wildman–Crippen LogP) is 3.35. The van der Waals surface area contributed by atoms with Gasteiger partial charge in [0.05, 0.1) is 12.1 Å². The van der Waals surface area contributed by atoms with Gasteiger partial charge < -0.3 is 10.6 Å². The third-order valence-corrected chi connectivity index (χ3v) is 5.17. The van der Waals surface area contributed by atoms with E-state index in [0.717, 1.165) is 39.6 Å². The third-order valence-electron chi connectivity index (χ3n) is 5.17. The lowest BCUT2D eigenvalue weighted by molar-refractivity contribution is -0.120. The molecule has 0 aliphatic heterocycles. The molecular formula is C24H30N6O2. The fourth-order valence-electron chi connectivity index (χ4n) is 3.34. The van der Waals surface area contributed by atoms with Crippen molar-refractivity contribution in [2.45, 2.75) is 54.5 Å². The highest BCUT2D eigenvalue weighted by atomic mass is 16.2. The van der Waals surface area contributed by atoms with Crippen molar-refractivity contribution in [1.82, 2.24) is 25.1 Å². The molecule has 2 heterocycles. The number of nitrogens with zero attached hydrogens (tertiary/aromatic N) is 4. The summed E-state index contributed by atoms with van der Waals surface area (Å²) >= 11 is 0.